The Hall–Kier alpha value is -2.44. The van der Waals surface area contributed by atoms with Crippen LogP contribution >= 0.6 is 22.9 Å². The molecule has 0 aliphatic heterocycles. The number of aromatic nitrogens is 1. The summed E-state index contributed by atoms with van der Waals surface area (Å²) >= 11 is 7.51. The van der Waals surface area contributed by atoms with Gasteiger partial charge in [0.1, 0.15) is 6.54 Å². The van der Waals surface area contributed by atoms with Crippen LogP contribution in [0.2, 0.25) is 5.02 Å². The van der Waals surface area contributed by atoms with Crippen molar-refractivity contribution in [3.63, 3.8) is 0 Å². The predicted molar refractivity (Wildman–Crippen MR) is 107 cm³/mol. The Morgan fingerprint density at radius 3 is 2.74 bits per heavy atom. The van der Waals surface area contributed by atoms with Crippen molar-refractivity contribution in [3.8, 4) is 0 Å². The maximum absolute atomic E-state index is 12.5. The van der Waals surface area contributed by atoms with Gasteiger partial charge in [0.05, 0.1) is 23.2 Å². The number of fused-ring (bicyclic) bond motifs is 1. The zero-order valence-electron chi connectivity index (χ0n) is 15.1. The van der Waals surface area contributed by atoms with Gasteiger partial charge in [0.15, 0.2) is 4.80 Å². The van der Waals surface area contributed by atoms with Crippen molar-refractivity contribution in [3.05, 3.63) is 63.4 Å². The van der Waals surface area contributed by atoms with Crippen LogP contribution in [-0.4, -0.2) is 23.1 Å². The first-order valence-electron chi connectivity index (χ1n) is 8.54. The summed E-state index contributed by atoms with van der Waals surface area (Å²) < 4.78 is 7.75. The highest BCUT2D eigenvalue weighted by Gasteiger charge is 2.13. The van der Waals surface area contributed by atoms with Gasteiger partial charge < -0.3 is 9.30 Å². The number of benzene rings is 2. The summed E-state index contributed by atoms with van der Waals surface area (Å²) in [6, 6.07) is 13.1. The van der Waals surface area contributed by atoms with Gasteiger partial charge in [0, 0.05) is 5.02 Å². The number of esters is 1. The van der Waals surface area contributed by atoms with E-state index in [-0.39, 0.29) is 24.8 Å². The molecule has 27 heavy (non-hydrogen) atoms. The predicted octanol–water partition coefficient (Wildman–Crippen LogP) is 3.90. The number of carbonyl (C=O) groups is 2. The number of carbonyl (C=O) groups excluding carboxylic acids is 2. The standard InChI is InChI=1S/C20H19ClN2O3S/c1-3-26-19(25)12-23-16-9-8-13(2)10-17(16)27-20(23)22-18(24)11-14-6-4-5-7-15(14)21/h4-10H,3,11-12H2,1-2H3. The van der Waals surface area contributed by atoms with Crippen molar-refractivity contribution in [1.29, 1.82) is 0 Å². The lowest BCUT2D eigenvalue weighted by atomic mass is 10.1. The summed E-state index contributed by atoms with van der Waals surface area (Å²) in [5.74, 6) is -0.679. The third-order valence-corrected chi connectivity index (χ3v) is 5.36. The van der Waals surface area contributed by atoms with Crippen LogP contribution in [0, 0.1) is 6.92 Å². The average molecular weight is 403 g/mol. The lowest BCUT2D eigenvalue weighted by molar-refractivity contribution is -0.143. The number of ether oxygens (including phenoxy) is 1. The van der Waals surface area contributed by atoms with Gasteiger partial charge in [-0.3, -0.25) is 9.59 Å². The minimum absolute atomic E-state index is 0.00904. The Balaban J connectivity index is 2.01. The topological polar surface area (TPSA) is 60.7 Å². The first kappa shape index (κ1) is 19.3. The van der Waals surface area contributed by atoms with Crippen LogP contribution in [0.4, 0.5) is 0 Å². The smallest absolute Gasteiger partial charge is 0.326 e. The quantitative estimate of drug-likeness (QED) is 0.608. The molecule has 0 radical (unpaired) electrons. The van der Waals surface area contributed by atoms with Crippen molar-refractivity contribution in [2.75, 3.05) is 6.61 Å². The monoisotopic (exact) mass is 402 g/mol. The Morgan fingerprint density at radius 2 is 2.00 bits per heavy atom. The van der Waals surface area contributed by atoms with E-state index in [0.29, 0.717) is 16.4 Å². The third-order valence-electron chi connectivity index (χ3n) is 3.95. The number of halogens is 1. The van der Waals surface area contributed by atoms with E-state index in [1.165, 1.54) is 11.3 Å². The van der Waals surface area contributed by atoms with Crippen LogP contribution in [0.1, 0.15) is 18.1 Å². The largest absolute Gasteiger partial charge is 0.465 e. The summed E-state index contributed by atoms with van der Waals surface area (Å²) in [6.45, 7) is 4.07. The Kier molecular flexibility index (Phi) is 6.08. The molecular weight excluding hydrogens is 384 g/mol. The minimum Gasteiger partial charge on any atom is -0.465 e. The Labute approximate surface area is 165 Å². The van der Waals surface area contributed by atoms with E-state index in [4.69, 9.17) is 16.3 Å². The van der Waals surface area contributed by atoms with Gasteiger partial charge in [-0.05, 0) is 43.2 Å². The molecule has 0 saturated heterocycles. The van der Waals surface area contributed by atoms with Gasteiger partial charge in [-0.2, -0.15) is 4.99 Å². The zero-order chi connectivity index (χ0) is 19.4. The van der Waals surface area contributed by atoms with Crippen molar-refractivity contribution >= 4 is 45.0 Å². The van der Waals surface area contributed by atoms with Gasteiger partial charge in [0.2, 0.25) is 0 Å². The zero-order valence-corrected chi connectivity index (χ0v) is 16.6. The second-order valence-corrected chi connectivity index (χ2v) is 7.44. The Bertz CT molecular complexity index is 1070. The fourth-order valence-electron chi connectivity index (χ4n) is 2.71. The number of aryl methyl sites for hydroxylation is 1. The van der Waals surface area contributed by atoms with E-state index < -0.39 is 0 Å². The number of hydrogen-bond donors (Lipinski definition) is 0. The van der Waals surface area contributed by atoms with Gasteiger partial charge in [-0.15, -0.1) is 0 Å². The van der Waals surface area contributed by atoms with E-state index in [0.717, 1.165) is 21.3 Å². The van der Waals surface area contributed by atoms with Crippen molar-refractivity contribution in [1.82, 2.24) is 4.57 Å². The van der Waals surface area contributed by atoms with E-state index in [1.54, 1.807) is 23.6 Å². The lowest BCUT2D eigenvalue weighted by Gasteiger charge is -2.05. The lowest BCUT2D eigenvalue weighted by Crippen LogP contribution is -2.23. The molecule has 3 aromatic rings. The van der Waals surface area contributed by atoms with Crippen molar-refractivity contribution < 1.29 is 14.3 Å². The number of thiazole rings is 1. The fraction of sp³-hybridized carbons (Fsp3) is 0.250. The van der Waals surface area contributed by atoms with Crippen LogP contribution in [0.15, 0.2) is 47.5 Å². The molecule has 0 N–H and O–H groups in total. The summed E-state index contributed by atoms with van der Waals surface area (Å²) in [5.41, 5.74) is 2.67. The molecular formula is C20H19ClN2O3S. The molecule has 3 rings (SSSR count). The molecule has 0 bridgehead atoms. The summed E-state index contributed by atoms with van der Waals surface area (Å²) in [4.78, 5) is 29.2. The molecule has 1 heterocycles. The number of rotatable bonds is 5. The number of nitrogens with zero attached hydrogens (tertiary/aromatic N) is 2. The molecule has 140 valence electrons. The second kappa shape index (κ2) is 8.50. The van der Waals surface area contributed by atoms with Crippen LogP contribution in [0.25, 0.3) is 10.2 Å². The highest BCUT2D eigenvalue weighted by molar-refractivity contribution is 7.16. The van der Waals surface area contributed by atoms with Gasteiger partial charge >= 0.3 is 5.97 Å². The second-order valence-electron chi connectivity index (χ2n) is 6.02. The van der Waals surface area contributed by atoms with Crippen molar-refractivity contribution in [2.24, 2.45) is 4.99 Å². The van der Waals surface area contributed by atoms with Crippen molar-refractivity contribution in [2.45, 2.75) is 26.8 Å². The average Bonchev–Trinajstić information content (AvgIpc) is 2.93. The summed E-state index contributed by atoms with van der Waals surface area (Å²) in [7, 11) is 0. The molecule has 7 heteroatoms. The van der Waals surface area contributed by atoms with Crippen LogP contribution in [-0.2, 0) is 27.3 Å². The first-order chi connectivity index (χ1) is 13.0. The number of amides is 1. The third kappa shape index (κ3) is 4.64. The van der Waals surface area contributed by atoms with E-state index in [2.05, 4.69) is 4.99 Å². The van der Waals surface area contributed by atoms with Crippen LogP contribution in [0.5, 0.6) is 0 Å². The van der Waals surface area contributed by atoms with Crippen LogP contribution in [0.3, 0.4) is 0 Å². The molecule has 5 nitrogen and oxygen atoms in total. The van der Waals surface area contributed by atoms with Gasteiger partial charge in [0.25, 0.3) is 5.91 Å². The highest BCUT2D eigenvalue weighted by Crippen LogP contribution is 2.20. The Morgan fingerprint density at radius 1 is 1.22 bits per heavy atom. The molecule has 0 fully saturated rings. The normalized spacial score (nSPS) is 11.7. The molecule has 0 atom stereocenters. The van der Waals surface area contributed by atoms with Gasteiger partial charge in [-0.1, -0.05) is 47.2 Å². The number of hydrogen-bond acceptors (Lipinski definition) is 4. The molecule has 0 aliphatic carbocycles. The minimum atomic E-state index is -0.363. The maximum Gasteiger partial charge on any atom is 0.326 e. The maximum atomic E-state index is 12.5. The van der Waals surface area contributed by atoms with E-state index >= 15 is 0 Å². The first-order valence-corrected chi connectivity index (χ1v) is 9.74. The molecule has 0 saturated carbocycles. The SMILES string of the molecule is CCOC(=O)Cn1c(=NC(=O)Cc2ccccc2Cl)sc2cc(C)ccc21. The van der Waals surface area contributed by atoms with Gasteiger partial charge in [-0.25, -0.2) is 0 Å². The summed E-state index contributed by atoms with van der Waals surface area (Å²) in [6.07, 6.45) is 0.104. The molecule has 2 aromatic carbocycles. The molecule has 0 aliphatic rings. The fourth-order valence-corrected chi connectivity index (χ4v) is 4.05. The molecule has 0 spiro atoms. The molecule has 1 amide bonds. The van der Waals surface area contributed by atoms with E-state index in [9.17, 15) is 9.59 Å². The highest BCUT2D eigenvalue weighted by atomic mass is 35.5. The summed E-state index contributed by atoms with van der Waals surface area (Å²) in [5, 5.41) is 0.535. The molecule has 1 aromatic heterocycles. The van der Waals surface area contributed by atoms with Crippen LogP contribution < -0.4 is 4.80 Å². The van der Waals surface area contributed by atoms with E-state index in [1.807, 2.05) is 37.3 Å². The molecule has 0 unspecified atom stereocenters.